The molecule has 2 aromatic rings. The highest BCUT2D eigenvalue weighted by Gasteiger charge is 2.14. The summed E-state index contributed by atoms with van der Waals surface area (Å²) in [5, 5.41) is 4.49. The van der Waals surface area contributed by atoms with Crippen molar-refractivity contribution in [3.63, 3.8) is 0 Å². The predicted octanol–water partition coefficient (Wildman–Crippen LogP) is 2.07. The molecule has 0 unspecified atom stereocenters. The highest BCUT2D eigenvalue weighted by atomic mass is 127. The van der Waals surface area contributed by atoms with Crippen LogP contribution in [0.3, 0.4) is 0 Å². The van der Waals surface area contributed by atoms with E-state index in [0.29, 0.717) is 14.9 Å². The van der Waals surface area contributed by atoms with E-state index in [1.54, 1.807) is 36.4 Å². The Bertz CT molecular complexity index is 700. The van der Waals surface area contributed by atoms with Crippen molar-refractivity contribution in [1.82, 2.24) is 10.6 Å². The summed E-state index contributed by atoms with van der Waals surface area (Å²) in [7, 11) is 0. The third kappa shape index (κ3) is 5.40. The molecule has 0 aliphatic heterocycles. The van der Waals surface area contributed by atoms with Gasteiger partial charge in [0.25, 0.3) is 5.91 Å². The molecule has 1 aromatic heterocycles. The van der Waals surface area contributed by atoms with Gasteiger partial charge in [-0.1, -0.05) is 12.1 Å². The number of hydrogen-bond donors (Lipinski definition) is 2. The number of amides is 3. The SMILES string of the molecule is O=C(COC(=O)c1ccccc1I)NC(=O)NCc1ccco1. The number of imide groups is 1. The molecule has 0 aliphatic rings. The fourth-order valence-electron chi connectivity index (χ4n) is 1.62. The van der Waals surface area contributed by atoms with Crippen LogP contribution >= 0.6 is 22.6 Å². The average molecular weight is 428 g/mol. The van der Waals surface area contributed by atoms with Crippen LogP contribution in [0.5, 0.6) is 0 Å². The van der Waals surface area contributed by atoms with Crippen molar-refractivity contribution < 1.29 is 23.5 Å². The molecule has 0 saturated carbocycles. The van der Waals surface area contributed by atoms with Crippen LogP contribution in [0.1, 0.15) is 16.1 Å². The number of nitrogens with one attached hydrogen (secondary N) is 2. The Kier molecular flexibility index (Phi) is 6.15. The van der Waals surface area contributed by atoms with Gasteiger partial charge < -0.3 is 14.5 Å². The standard InChI is InChI=1S/C15H13IN2O5/c16-12-6-2-1-5-11(12)14(20)23-9-13(19)18-15(21)17-8-10-4-3-7-22-10/h1-7H,8-9H2,(H2,17,18,19,21). The number of halogens is 1. The maximum absolute atomic E-state index is 11.8. The zero-order chi connectivity index (χ0) is 16.7. The van der Waals surface area contributed by atoms with Crippen LogP contribution in [0, 0.1) is 3.57 Å². The van der Waals surface area contributed by atoms with Gasteiger partial charge in [-0.2, -0.15) is 0 Å². The highest BCUT2D eigenvalue weighted by Crippen LogP contribution is 2.12. The van der Waals surface area contributed by atoms with Gasteiger partial charge in [-0.25, -0.2) is 9.59 Å². The number of carbonyl (C=O) groups excluding carboxylic acids is 3. The molecule has 23 heavy (non-hydrogen) atoms. The zero-order valence-corrected chi connectivity index (χ0v) is 14.0. The summed E-state index contributed by atoms with van der Waals surface area (Å²) in [6.45, 7) is -0.397. The lowest BCUT2D eigenvalue weighted by molar-refractivity contribution is -0.123. The number of furan rings is 1. The third-order valence-electron chi connectivity index (χ3n) is 2.68. The van der Waals surface area contributed by atoms with Gasteiger partial charge in [0.05, 0.1) is 18.4 Å². The molecule has 120 valence electrons. The first-order chi connectivity index (χ1) is 11.1. The van der Waals surface area contributed by atoms with Gasteiger partial charge in [0.1, 0.15) is 5.76 Å². The molecular weight excluding hydrogens is 415 g/mol. The number of carbonyl (C=O) groups is 3. The second-order valence-electron chi connectivity index (χ2n) is 4.37. The quantitative estimate of drug-likeness (QED) is 0.562. The topological polar surface area (TPSA) is 97.6 Å². The number of urea groups is 1. The van der Waals surface area contributed by atoms with Crippen molar-refractivity contribution in [3.8, 4) is 0 Å². The van der Waals surface area contributed by atoms with Gasteiger partial charge in [0, 0.05) is 3.57 Å². The van der Waals surface area contributed by atoms with Gasteiger partial charge in [-0.3, -0.25) is 10.1 Å². The van der Waals surface area contributed by atoms with E-state index in [0.717, 1.165) is 0 Å². The van der Waals surface area contributed by atoms with Crippen molar-refractivity contribution in [2.75, 3.05) is 6.61 Å². The fraction of sp³-hybridized carbons (Fsp3) is 0.133. The fourth-order valence-corrected chi connectivity index (χ4v) is 2.23. The van der Waals surface area contributed by atoms with E-state index in [9.17, 15) is 14.4 Å². The molecule has 0 atom stereocenters. The highest BCUT2D eigenvalue weighted by molar-refractivity contribution is 14.1. The van der Waals surface area contributed by atoms with Gasteiger partial charge in [0.15, 0.2) is 6.61 Å². The maximum atomic E-state index is 11.8. The van der Waals surface area contributed by atoms with Crippen LogP contribution in [0.2, 0.25) is 0 Å². The van der Waals surface area contributed by atoms with Gasteiger partial charge >= 0.3 is 12.0 Å². The lowest BCUT2D eigenvalue weighted by atomic mass is 10.2. The van der Waals surface area contributed by atoms with E-state index in [4.69, 9.17) is 9.15 Å². The summed E-state index contributed by atoms with van der Waals surface area (Å²) < 4.78 is 10.6. The van der Waals surface area contributed by atoms with Crippen molar-refractivity contribution in [1.29, 1.82) is 0 Å². The minimum atomic E-state index is -0.721. The van der Waals surface area contributed by atoms with Crippen molar-refractivity contribution in [2.24, 2.45) is 0 Å². The molecule has 0 spiro atoms. The van der Waals surface area contributed by atoms with Crippen LogP contribution in [0.25, 0.3) is 0 Å². The molecular formula is C15H13IN2O5. The number of benzene rings is 1. The second-order valence-corrected chi connectivity index (χ2v) is 5.53. The van der Waals surface area contributed by atoms with Crippen LogP contribution in [0.4, 0.5) is 4.79 Å². The molecule has 1 aromatic carbocycles. The molecule has 2 rings (SSSR count). The minimum Gasteiger partial charge on any atom is -0.467 e. The van der Waals surface area contributed by atoms with E-state index < -0.39 is 24.5 Å². The first-order valence-corrected chi connectivity index (χ1v) is 7.66. The number of rotatable bonds is 5. The Morgan fingerprint density at radius 3 is 2.61 bits per heavy atom. The van der Waals surface area contributed by atoms with Crippen molar-refractivity contribution >= 4 is 40.5 Å². The van der Waals surface area contributed by atoms with E-state index in [2.05, 4.69) is 10.6 Å². The second kappa shape index (κ2) is 8.32. The Labute approximate surface area is 145 Å². The molecule has 7 nitrogen and oxygen atoms in total. The molecule has 0 aliphatic carbocycles. The van der Waals surface area contributed by atoms with Gasteiger partial charge in [0.2, 0.25) is 0 Å². The smallest absolute Gasteiger partial charge is 0.339 e. The normalized spacial score (nSPS) is 9.96. The maximum Gasteiger partial charge on any atom is 0.339 e. The zero-order valence-electron chi connectivity index (χ0n) is 11.9. The summed E-state index contributed by atoms with van der Waals surface area (Å²) in [4.78, 5) is 34.9. The Hall–Kier alpha value is -2.36. The first kappa shape index (κ1) is 17.0. The van der Waals surface area contributed by atoms with Crippen molar-refractivity contribution in [3.05, 3.63) is 57.6 Å². The van der Waals surface area contributed by atoms with E-state index in [1.165, 1.54) is 6.26 Å². The molecule has 1 heterocycles. The summed E-state index contributed by atoms with van der Waals surface area (Å²) in [6, 6.07) is 9.50. The third-order valence-corrected chi connectivity index (χ3v) is 3.63. The molecule has 2 N–H and O–H groups in total. The van der Waals surface area contributed by atoms with Gasteiger partial charge in [-0.15, -0.1) is 0 Å². The Morgan fingerprint density at radius 1 is 1.13 bits per heavy atom. The Balaban J connectivity index is 1.73. The minimum absolute atomic E-state index is 0.147. The lowest BCUT2D eigenvalue weighted by Crippen LogP contribution is -2.41. The molecule has 0 saturated heterocycles. The summed E-state index contributed by atoms with van der Waals surface area (Å²) >= 11 is 1.99. The van der Waals surface area contributed by atoms with Crippen molar-refractivity contribution in [2.45, 2.75) is 6.54 Å². The van der Waals surface area contributed by atoms with E-state index in [1.807, 2.05) is 22.6 Å². The van der Waals surface area contributed by atoms with Crippen LogP contribution in [-0.2, 0) is 16.1 Å². The molecule has 3 amide bonds. The number of hydrogen-bond acceptors (Lipinski definition) is 5. The molecule has 0 bridgehead atoms. The average Bonchev–Trinajstić information content (AvgIpc) is 3.04. The summed E-state index contributed by atoms with van der Waals surface area (Å²) in [5.74, 6) is -0.792. The lowest BCUT2D eigenvalue weighted by Gasteiger charge is -2.07. The van der Waals surface area contributed by atoms with E-state index in [-0.39, 0.29) is 6.54 Å². The van der Waals surface area contributed by atoms with E-state index >= 15 is 0 Å². The van der Waals surface area contributed by atoms with Gasteiger partial charge in [-0.05, 0) is 46.9 Å². The summed E-state index contributed by atoms with van der Waals surface area (Å²) in [6.07, 6.45) is 1.48. The van der Waals surface area contributed by atoms with Crippen LogP contribution in [-0.4, -0.2) is 24.5 Å². The predicted molar refractivity (Wildman–Crippen MR) is 88.5 cm³/mol. The number of ether oxygens (including phenoxy) is 1. The first-order valence-electron chi connectivity index (χ1n) is 6.58. The van der Waals surface area contributed by atoms with Crippen LogP contribution < -0.4 is 10.6 Å². The molecule has 8 heteroatoms. The van der Waals surface area contributed by atoms with Crippen LogP contribution in [0.15, 0.2) is 47.1 Å². The molecule has 0 fully saturated rings. The molecule has 0 radical (unpaired) electrons. The Morgan fingerprint density at radius 2 is 1.91 bits per heavy atom. The largest absolute Gasteiger partial charge is 0.467 e. The number of esters is 1. The summed E-state index contributed by atoms with van der Waals surface area (Å²) in [5.41, 5.74) is 0.364. The monoisotopic (exact) mass is 428 g/mol.